The first-order valence-electron chi connectivity index (χ1n) is 5.57. The summed E-state index contributed by atoms with van der Waals surface area (Å²) in [6.45, 7) is 3.70. The molecule has 1 unspecified atom stereocenters. The van der Waals surface area contributed by atoms with E-state index in [1.165, 1.54) is 19.3 Å². The van der Waals surface area contributed by atoms with Crippen LogP contribution in [0.4, 0.5) is 5.82 Å². The normalized spacial score (nSPS) is 21.7. The quantitative estimate of drug-likeness (QED) is 0.787. The fourth-order valence-corrected chi connectivity index (χ4v) is 2.15. The summed E-state index contributed by atoms with van der Waals surface area (Å²) in [5.74, 6) is 1.85. The third kappa shape index (κ3) is 2.26. The van der Waals surface area contributed by atoms with E-state index in [0.717, 1.165) is 18.2 Å². The first-order valence-corrected chi connectivity index (χ1v) is 5.57. The van der Waals surface area contributed by atoms with Crippen molar-refractivity contribution >= 4 is 5.82 Å². The van der Waals surface area contributed by atoms with Crippen LogP contribution in [0.1, 0.15) is 25.1 Å². The van der Waals surface area contributed by atoms with Gasteiger partial charge in [0, 0.05) is 25.3 Å². The van der Waals surface area contributed by atoms with E-state index >= 15 is 0 Å². The Hall–Kier alpha value is -1.16. The van der Waals surface area contributed by atoms with E-state index in [-0.39, 0.29) is 0 Å². The highest BCUT2D eigenvalue weighted by atomic mass is 15.2. The van der Waals surface area contributed by atoms with Gasteiger partial charge in [0.05, 0.1) is 0 Å². The maximum atomic E-state index is 5.78. The Bertz CT molecular complexity index is 326. The zero-order valence-corrected chi connectivity index (χ0v) is 9.19. The molecule has 1 aliphatic rings. The Balaban J connectivity index is 2.20. The van der Waals surface area contributed by atoms with Gasteiger partial charge in [0.25, 0.3) is 0 Å². The molecule has 0 radical (unpaired) electrons. The Morgan fingerprint density at radius 2 is 2.40 bits per heavy atom. The van der Waals surface area contributed by atoms with Gasteiger partial charge in [-0.15, -0.1) is 0 Å². The van der Waals surface area contributed by atoms with Crippen molar-refractivity contribution in [3.05, 3.63) is 18.1 Å². The van der Waals surface area contributed by atoms with Gasteiger partial charge >= 0.3 is 0 Å². The van der Waals surface area contributed by atoms with Crippen molar-refractivity contribution in [3.63, 3.8) is 0 Å². The van der Waals surface area contributed by atoms with Crippen molar-refractivity contribution in [1.29, 1.82) is 0 Å². The van der Waals surface area contributed by atoms with Crippen LogP contribution in [0.5, 0.6) is 0 Å². The first-order chi connectivity index (χ1) is 7.31. The number of hydrogen-bond acceptors (Lipinski definition) is 4. The number of rotatable bonds is 2. The molecule has 1 aromatic rings. The van der Waals surface area contributed by atoms with Gasteiger partial charge in [-0.2, -0.15) is 0 Å². The van der Waals surface area contributed by atoms with E-state index in [1.54, 1.807) is 0 Å². The molecule has 2 N–H and O–H groups in total. The molecule has 4 nitrogen and oxygen atoms in total. The van der Waals surface area contributed by atoms with Gasteiger partial charge in [0.15, 0.2) is 0 Å². The lowest BCUT2D eigenvalue weighted by Crippen LogP contribution is -2.44. The number of nitrogens with zero attached hydrogens (tertiary/aromatic N) is 3. The average Bonchev–Trinajstić information content (AvgIpc) is 2.29. The Morgan fingerprint density at radius 3 is 3.13 bits per heavy atom. The van der Waals surface area contributed by atoms with Crippen molar-refractivity contribution in [2.75, 3.05) is 18.0 Å². The van der Waals surface area contributed by atoms with Crippen LogP contribution in [0.2, 0.25) is 0 Å². The molecular formula is C11H18N4. The molecule has 1 atom stereocenters. The molecule has 0 spiro atoms. The molecule has 1 saturated heterocycles. The van der Waals surface area contributed by atoms with Crippen molar-refractivity contribution in [3.8, 4) is 0 Å². The molecule has 2 rings (SSSR count). The third-order valence-electron chi connectivity index (χ3n) is 2.95. The Morgan fingerprint density at radius 1 is 1.53 bits per heavy atom. The maximum absolute atomic E-state index is 5.78. The van der Waals surface area contributed by atoms with Crippen LogP contribution in [0, 0.1) is 6.92 Å². The molecule has 1 fully saturated rings. The summed E-state index contributed by atoms with van der Waals surface area (Å²) in [6, 6.07) is 2.43. The summed E-state index contributed by atoms with van der Waals surface area (Å²) in [5.41, 5.74) is 5.78. The van der Waals surface area contributed by atoms with Crippen LogP contribution in [-0.2, 0) is 0 Å². The van der Waals surface area contributed by atoms with Crippen molar-refractivity contribution in [2.45, 2.75) is 32.2 Å². The molecule has 0 amide bonds. The second-order valence-corrected chi connectivity index (χ2v) is 4.04. The van der Waals surface area contributed by atoms with Gasteiger partial charge < -0.3 is 10.6 Å². The molecule has 2 heterocycles. The largest absolute Gasteiger partial charge is 0.352 e. The lowest BCUT2D eigenvalue weighted by atomic mass is 10.0. The summed E-state index contributed by atoms with van der Waals surface area (Å²) >= 11 is 0. The van der Waals surface area contributed by atoms with E-state index in [0.29, 0.717) is 12.6 Å². The molecular weight excluding hydrogens is 188 g/mol. The zero-order valence-electron chi connectivity index (χ0n) is 9.19. The molecule has 0 aromatic carbocycles. The van der Waals surface area contributed by atoms with Gasteiger partial charge in [0.1, 0.15) is 11.6 Å². The molecule has 4 heteroatoms. The van der Waals surface area contributed by atoms with E-state index in [2.05, 4.69) is 14.9 Å². The lowest BCUT2D eigenvalue weighted by Gasteiger charge is -2.35. The lowest BCUT2D eigenvalue weighted by molar-refractivity contribution is 0.461. The van der Waals surface area contributed by atoms with Crippen LogP contribution in [0.15, 0.2) is 12.3 Å². The molecule has 0 bridgehead atoms. The predicted octanol–water partition coefficient (Wildman–Crippen LogP) is 1.10. The van der Waals surface area contributed by atoms with E-state index in [1.807, 2.05) is 19.2 Å². The highest BCUT2D eigenvalue weighted by Crippen LogP contribution is 2.21. The van der Waals surface area contributed by atoms with Crippen LogP contribution in [0.25, 0.3) is 0 Å². The number of anilines is 1. The van der Waals surface area contributed by atoms with E-state index in [4.69, 9.17) is 5.73 Å². The Kier molecular flexibility index (Phi) is 3.16. The molecule has 1 aromatic heterocycles. The zero-order chi connectivity index (χ0) is 10.7. The monoisotopic (exact) mass is 206 g/mol. The predicted molar refractivity (Wildman–Crippen MR) is 60.8 cm³/mol. The maximum Gasteiger partial charge on any atom is 0.132 e. The van der Waals surface area contributed by atoms with E-state index < -0.39 is 0 Å². The highest BCUT2D eigenvalue weighted by molar-refractivity contribution is 5.39. The summed E-state index contributed by atoms with van der Waals surface area (Å²) in [4.78, 5) is 10.9. The van der Waals surface area contributed by atoms with Crippen molar-refractivity contribution in [2.24, 2.45) is 5.73 Å². The fraction of sp³-hybridized carbons (Fsp3) is 0.636. The molecule has 0 saturated carbocycles. The number of hydrogen-bond donors (Lipinski definition) is 1. The molecule has 15 heavy (non-hydrogen) atoms. The SMILES string of the molecule is Cc1nccc(N2CCCCC2CN)n1. The number of aromatic nitrogens is 2. The highest BCUT2D eigenvalue weighted by Gasteiger charge is 2.22. The van der Waals surface area contributed by atoms with Crippen LogP contribution < -0.4 is 10.6 Å². The minimum absolute atomic E-state index is 0.452. The topological polar surface area (TPSA) is 55.0 Å². The van der Waals surface area contributed by atoms with Crippen LogP contribution >= 0.6 is 0 Å². The second-order valence-electron chi connectivity index (χ2n) is 4.04. The minimum atomic E-state index is 0.452. The molecule has 0 aliphatic carbocycles. The summed E-state index contributed by atoms with van der Waals surface area (Å²) in [5, 5.41) is 0. The van der Waals surface area contributed by atoms with Crippen molar-refractivity contribution in [1.82, 2.24) is 9.97 Å². The third-order valence-corrected chi connectivity index (χ3v) is 2.95. The van der Waals surface area contributed by atoms with Crippen LogP contribution in [0.3, 0.4) is 0 Å². The molecule has 82 valence electrons. The van der Waals surface area contributed by atoms with E-state index in [9.17, 15) is 0 Å². The smallest absolute Gasteiger partial charge is 0.132 e. The Labute approximate surface area is 90.5 Å². The summed E-state index contributed by atoms with van der Waals surface area (Å²) in [7, 11) is 0. The summed E-state index contributed by atoms with van der Waals surface area (Å²) in [6.07, 6.45) is 5.52. The average molecular weight is 206 g/mol. The van der Waals surface area contributed by atoms with Crippen LogP contribution in [-0.4, -0.2) is 29.1 Å². The van der Waals surface area contributed by atoms with Gasteiger partial charge in [-0.05, 0) is 32.3 Å². The van der Waals surface area contributed by atoms with Gasteiger partial charge in [-0.3, -0.25) is 0 Å². The summed E-state index contributed by atoms with van der Waals surface area (Å²) < 4.78 is 0. The number of nitrogens with two attached hydrogens (primary N) is 1. The van der Waals surface area contributed by atoms with Gasteiger partial charge in [-0.1, -0.05) is 0 Å². The minimum Gasteiger partial charge on any atom is -0.352 e. The van der Waals surface area contributed by atoms with Gasteiger partial charge in [-0.25, -0.2) is 9.97 Å². The van der Waals surface area contributed by atoms with Gasteiger partial charge in [0.2, 0.25) is 0 Å². The number of aryl methyl sites for hydroxylation is 1. The fourth-order valence-electron chi connectivity index (χ4n) is 2.15. The molecule has 1 aliphatic heterocycles. The standard InChI is InChI=1S/C11H18N4/c1-9-13-6-5-11(14-9)15-7-3-2-4-10(15)8-12/h5-6,10H,2-4,7-8,12H2,1H3. The van der Waals surface area contributed by atoms with Crippen molar-refractivity contribution < 1.29 is 0 Å². The first kappa shape index (κ1) is 10.4. The second kappa shape index (κ2) is 4.57. The number of piperidine rings is 1.